The molecular formula is C14H19N3O. The Labute approximate surface area is 107 Å². The van der Waals surface area contributed by atoms with Gasteiger partial charge in [0.05, 0.1) is 6.04 Å². The van der Waals surface area contributed by atoms with E-state index in [9.17, 15) is 4.79 Å². The number of aromatic nitrogens is 1. The first kappa shape index (κ1) is 12.6. The van der Waals surface area contributed by atoms with Gasteiger partial charge in [0, 0.05) is 22.8 Å². The van der Waals surface area contributed by atoms with Gasteiger partial charge in [-0.3, -0.25) is 4.79 Å². The molecule has 1 aromatic heterocycles. The van der Waals surface area contributed by atoms with Crippen molar-refractivity contribution in [3.63, 3.8) is 0 Å². The highest BCUT2D eigenvalue weighted by molar-refractivity contribution is 5.96. The fourth-order valence-corrected chi connectivity index (χ4v) is 1.98. The third kappa shape index (κ3) is 2.90. The van der Waals surface area contributed by atoms with E-state index in [0.29, 0.717) is 12.3 Å². The van der Waals surface area contributed by atoms with Crippen LogP contribution < -0.4 is 11.1 Å². The highest BCUT2D eigenvalue weighted by atomic mass is 16.2. The first-order valence-corrected chi connectivity index (χ1v) is 6.20. The minimum Gasteiger partial charge on any atom is -0.361 e. The van der Waals surface area contributed by atoms with Crippen molar-refractivity contribution in [1.82, 2.24) is 4.98 Å². The molecule has 18 heavy (non-hydrogen) atoms. The molecule has 96 valence electrons. The number of nitrogens with one attached hydrogen (secondary N) is 2. The zero-order valence-corrected chi connectivity index (χ0v) is 10.7. The lowest BCUT2D eigenvalue weighted by Gasteiger charge is -2.14. The van der Waals surface area contributed by atoms with Crippen molar-refractivity contribution < 1.29 is 4.79 Å². The lowest BCUT2D eigenvalue weighted by atomic mass is 10.0. The lowest BCUT2D eigenvalue weighted by Crippen LogP contribution is -2.36. The van der Waals surface area contributed by atoms with Crippen molar-refractivity contribution in [1.29, 1.82) is 0 Å². The predicted molar refractivity (Wildman–Crippen MR) is 74.4 cm³/mol. The molecule has 4 heteroatoms. The highest BCUT2D eigenvalue weighted by Gasteiger charge is 2.15. The van der Waals surface area contributed by atoms with Crippen LogP contribution in [0.4, 0.5) is 5.69 Å². The summed E-state index contributed by atoms with van der Waals surface area (Å²) in [7, 11) is 0. The Morgan fingerprint density at radius 1 is 1.39 bits per heavy atom. The zero-order chi connectivity index (χ0) is 13.1. The van der Waals surface area contributed by atoms with E-state index in [0.717, 1.165) is 16.6 Å². The predicted octanol–water partition coefficient (Wildman–Crippen LogP) is 2.48. The SMILES string of the molecule is CC(C)CC(N)C(=O)Nc1ccc2[nH]ccc2c1. The number of carbonyl (C=O) groups excluding carboxylic acids is 1. The molecule has 0 aliphatic heterocycles. The first-order valence-electron chi connectivity index (χ1n) is 6.20. The van der Waals surface area contributed by atoms with Gasteiger partial charge >= 0.3 is 0 Å². The number of hydrogen-bond donors (Lipinski definition) is 3. The Balaban J connectivity index is 2.06. The van der Waals surface area contributed by atoms with Gasteiger partial charge in [0.1, 0.15) is 0 Å². The van der Waals surface area contributed by atoms with Crippen LogP contribution in [0, 0.1) is 5.92 Å². The highest BCUT2D eigenvalue weighted by Crippen LogP contribution is 2.18. The topological polar surface area (TPSA) is 70.9 Å². The van der Waals surface area contributed by atoms with Crippen molar-refractivity contribution in [2.24, 2.45) is 11.7 Å². The van der Waals surface area contributed by atoms with Crippen LogP contribution in [0.3, 0.4) is 0 Å². The first-order chi connectivity index (χ1) is 8.56. The number of benzene rings is 1. The maximum absolute atomic E-state index is 11.9. The van der Waals surface area contributed by atoms with Gasteiger partial charge in [-0.15, -0.1) is 0 Å². The molecule has 1 unspecified atom stereocenters. The quantitative estimate of drug-likeness (QED) is 0.774. The van der Waals surface area contributed by atoms with E-state index in [-0.39, 0.29) is 5.91 Å². The monoisotopic (exact) mass is 245 g/mol. The molecule has 1 amide bonds. The second-order valence-electron chi connectivity index (χ2n) is 5.00. The van der Waals surface area contributed by atoms with Crippen LogP contribution in [0.2, 0.25) is 0 Å². The third-order valence-corrected chi connectivity index (χ3v) is 2.88. The molecule has 1 atom stereocenters. The minimum atomic E-state index is -0.452. The van der Waals surface area contributed by atoms with Crippen molar-refractivity contribution in [2.75, 3.05) is 5.32 Å². The molecule has 0 bridgehead atoms. The van der Waals surface area contributed by atoms with Gasteiger partial charge in [-0.2, -0.15) is 0 Å². The Bertz CT molecular complexity index is 545. The summed E-state index contributed by atoms with van der Waals surface area (Å²) in [4.78, 5) is 15.0. The summed E-state index contributed by atoms with van der Waals surface area (Å²) in [5, 5.41) is 3.93. The maximum Gasteiger partial charge on any atom is 0.241 e. The fraction of sp³-hybridized carbons (Fsp3) is 0.357. The average molecular weight is 245 g/mol. The van der Waals surface area contributed by atoms with Crippen molar-refractivity contribution >= 4 is 22.5 Å². The van der Waals surface area contributed by atoms with Gasteiger partial charge in [0.2, 0.25) is 5.91 Å². The van der Waals surface area contributed by atoms with E-state index in [1.807, 2.05) is 30.5 Å². The molecule has 0 aliphatic carbocycles. The number of carbonyl (C=O) groups is 1. The molecule has 0 saturated carbocycles. The number of amides is 1. The largest absolute Gasteiger partial charge is 0.361 e. The number of rotatable bonds is 4. The summed E-state index contributed by atoms with van der Waals surface area (Å²) < 4.78 is 0. The third-order valence-electron chi connectivity index (χ3n) is 2.88. The molecule has 0 fully saturated rings. The maximum atomic E-state index is 11.9. The Morgan fingerprint density at radius 2 is 2.17 bits per heavy atom. The van der Waals surface area contributed by atoms with Gasteiger partial charge in [-0.1, -0.05) is 13.8 Å². The Hall–Kier alpha value is -1.81. The van der Waals surface area contributed by atoms with Gasteiger partial charge < -0.3 is 16.0 Å². The molecular weight excluding hydrogens is 226 g/mol. The number of hydrogen-bond acceptors (Lipinski definition) is 2. The molecule has 4 N–H and O–H groups in total. The summed E-state index contributed by atoms with van der Waals surface area (Å²) >= 11 is 0. The molecule has 2 aromatic rings. The summed E-state index contributed by atoms with van der Waals surface area (Å²) in [6, 6.07) is 7.27. The van der Waals surface area contributed by atoms with E-state index in [1.165, 1.54) is 0 Å². The number of fused-ring (bicyclic) bond motifs is 1. The van der Waals surface area contributed by atoms with E-state index in [2.05, 4.69) is 24.1 Å². The smallest absolute Gasteiger partial charge is 0.241 e. The zero-order valence-electron chi connectivity index (χ0n) is 10.7. The summed E-state index contributed by atoms with van der Waals surface area (Å²) in [6.07, 6.45) is 2.57. The molecule has 0 spiro atoms. The second-order valence-corrected chi connectivity index (χ2v) is 5.00. The van der Waals surface area contributed by atoms with Crippen LogP contribution in [-0.4, -0.2) is 16.9 Å². The van der Waals surface area contributed by atoms with Crippen LogP contribution in [0.15, 0.2) is 30.5 Å². The average Bonchev–Trinajstić information content (AvgIpc) is 2.75. The van der Waals surface area contributed by atoms with E-state index in [1.54, 1.807) is 0 Å². The number of H-pyrrole nitrogens is 1. The van der Waals surface area contributed by atoms with E-state index < -0.39 is 6.04 Å². The summed E-state index contributed by atoms with van der Waals surface area (Å²) in [5.74, 6) is 0.288. The molecule has 4 nitrogen and oxygen atoms in total. The van der Waals surface area contributed by atoms with E-state index in [4.69, 9.17) is 5.73 Å². The molecule has 0 aliphatic rings. The van der Waals surface area contributed by atoms with Crippen LogP contribution in [-0.2, 0) is 4.79 Å². The van der Waals surface area contributed by atoms with Crippen LogP contribution in [0.1, 0.15) is 20.3 Å². The molecule has 0 saturated heterocycles. The van der Waals surface area contributed by atoms with Crippen LogP contribution in [0.25, 0.3) is 10.9 Å². The van der Waals surface area contributed by atoms with Crippen molar-refractivity contribution in [3.05, 3.63) is 30.5 Å². The van der Waals surface area contributed by atoms with E-state index >= 15 is 0 Å². The Morgan fingerprint density at radius 3 is 2.89 bits per heavy atom. The number of aromatic amines is 1. The van der Waals surface area contributed by atoms with Crippen LogP contribution in [0.5, 0.6) is 0 Å². The summed E-state index contributed by atoms with van der Waals surface area (Å²) in [5.41, 5.74) is 7.68. The van der Waals surface area contributed by atoms with Gasteiger partial charge in [-0.25, -0.2) is 0 Å². The number of nitrogens with two attached hydrogens (primary N) is 1. The molecule has 1 aromatic carbocycles. The molecule has 1 heterocycles. The summed E-state index contributed by atoms with van der Waals surface area (Å²) in [6.45, 7) is 4.11. The van der Waals surface area contributed by atoms with Crippen LogP contribution >= 0.6 is 0 Å². The van der Waals surface area contributed by atoms with Gasteiger partial charge in [0.25, 0.3) is 0 Å². The minimum absolute atomic E-state index is 0.126. The Kier molecular flexibility index (Phi) is 3.67. The van der Waals surface area contributed by atoms with Crippen molar-refractivity contribution in [3.8, 4) is 0 Å². The standard InChI is InChI=1S/C14H19N3O/c1-9(2)7-12(15)14(18)17-11-3-4-13-10(8-11)5-6-16-13/h3-6,8-9,12,16H,7,15H2,1-2H3,(H,17,18). The fourth-order valence-electron chi connectivity index (χ4n) is 1.98. The normalized spacial score (nSPS) is 12.9. The molecule has 2 rings (SSSR count). The second kappa shape index (κ2) is 5.23. The number of anilines is 1. The van der Waals surface area contributed by atoms with Gasteiger partial charge in [-0.05, 0) is 36.6 Å². The lowest BCUT2D eigenvalue weighted by molar-refractivity contribution is -0.117. The van der Waals surface area contributed by atoms with Crippen molar-refractivity contribution in [2.45, 2.75) is 26.3 Å². The molecule has 0 radical (unpaired) electrons. The van der Waals surface area contributed by atoms with Gasteiger partial charge in [0.15, 0.2) is 0 Å².